The van der Waals surface area contributed by atoms with Gasteiger partial charge in [0.25, 0.3) is 0 Å². The molecule has 0 aliphatic rings. The number of carbonyl (C=O) groups is 1. The van der Waals surface area contributed by atoms with E-state index in [0.29, 0.717) is 6.42 Å². The van der Waals surface area contributed by atoms with Gasteiger partial charge in [0.05, 0.1) is 6.61 Å². The third-order valence-corrected chi connectivity index (χ3v) is 3.42. The van der Waals surface area contributed by atoms with Gasteiger partial charge in [-0.2, -0.15) is 13.2 Å². The highest BCUT2D eigenvalue weighted by molar-refractivity contribution is 5.80. The molecule has 1 unspecified atom stereocenters. The molecule has 0 radical (unpaired) electrons. The van der Waals surface area contributed by atoms with Gasteiger partial charge in [0.1, 0.15) is 0 Å². The van der Waals surface area contributed by atoms with Crippen LogP contribution in [-0.2, 0) is 9.53 Å². The van der Waals surface area contributed by atoms with Gasteiger partial charge in [0.15, 0.2) is 0 Å². The second-order valence-electron chi connectivity index (χ2n) is 5.24. The van der Waals surface area contributed by atoms with Gasteiger partial charge < -0.3 is 4.74 Å². The maximum atomic E-state index is 14.0. The minimum absolute atomic E-state index is 0.0304. The molecule has 0 heterocycles. The smallest absolute Gasteiger partial charge is 0.433 e. The fourth-order valence-corrected chi connectivity index (χ4v) is 2.11. The number of unbranched alkanes of at least 4 members (excludes halogenated alkanes) is 7. The first-order valence-electron chi connectivity index (χ1n) is 7.72. The SMILES string of the molecule is CCCCCCCCCCC(F)(C(=O)OCC)C(F)(F)F. The van der Waals surface area contributed by atoms with Gasteiger partial charge in [-0.1, -0.05) is 51.9 Å². The number of ether oxygens (including phenoxy) is 1. The predicted octanol–water partition coefficient (Wildman–Crippen LogP) is 5.35. The highest BCUT2D eigenvalue weighted by Gasteiger charge is 2.62. The van der Waals surface area contributed by atoms with E-state index in [-0.39, 0.29) is 13.0 Å². The summed E-state index contributed by atoms with van der Waals surface area (Å²) in [4.78, 5) is 11.2. The van der Waals surface area contributed by atoms with Gasteiger partial charge in [-0.05, 0) is 13.3 Å². The topological polar surface area (TPSA) is 26.3 Å². The zero-order valence-corrected chi connectivity index (χ0v) is 12.9. The molecule has 0 saturated carbocycles. The molecule has 0 aromatic heterocycles. The fraction of sp³-hybridized carbons (Fsp3) is 0.933. The summed E-state index contributed by atoms with van der Waals surface area (Å²) in [6, 6.07) is 0. The fourth-order valence-electron chi connectivity index (χ4n) is 2.11. The van der Waals surface area contributed by atoms with Crippen LogP contribution in [0.3, 0.4) is 0 Å². The molecule has 0 aromatic carbocycles. The average Bonchev–Trinajstić information content (AvgIpc) is 2.40. The van der Waals surface area contributed by atoms with Crippen molar-refractivity contribution in [3.05, 3.63) is 0 Å². The van der Waals surface area contributed by atoms with Crippen molar-refractivity contribution in [1.82, 2.24) is 0 Å². The molecule has 0 saturated heterocycles. The summed E-state index contributed by atoms with van der Waals surface area (Å²) in [5.74, 6) is -1.82. The van der Waals surface area contributed by atoms with Crippen LogP contribution in [0.4, 0.5) is 17.6 Å². The minimum atomic E-state index is -5.22. The van der Waals surface area contributed by atoms with Gasteiger partial charge in [-0.25, -0.2) is 9.18 Å². The van der Waals surface area contributed by atoms with Crippen LogP contribution >= 0.6 is 0 Å². The van der Waals surface area contributed by atoms with Crippen LogP contribution < -0.4 is 0 Å². The van der Waals surface area contributed by atoms with E-state index in [1.807, 2.05) is 0 Å². The molecule has 0 spiro atoms. The normalized spacial score (nSPS) is 14.8. The minimum Gasteiger partial charge on any atom is -0.463 e. The van der Waals surface area contributed by atoms with Crippen LogP contribution in [0.1, 0.15) is 71.6 Å². The molecule has 0 aliphatic heterocycles. The quantitative estimate of drug-likeness (QED) is 0.292. The van der Waals surface area contributed by atoms with Crippen molar-refractivity contribution in [2.24, 2.45) is 0 Å². The lowest BCUT2D eigenvalue weighted by atomic mass is 9.96. The van der Waals surface area contributed by atoms with E-state index >= 15 is 0 Å². The molecule has 0 bridgehead atoms. The molecule has 1 atom stereocenters. The Bertz CT molecular complexity index is 292. The van der Waals surface area contributed by atoms with Crippen LogP contribution in [-0.4, -0.2) is 24.4 Å². The summed E-state index contributed by atoms with van der Waals surface area (Å²) >= 11 is 0. The molecule has 0 amide bonds. The summed E-state index contributed by atoms with van der Waals surface area (Å²) < 4.78 is 56.3. The molecule has 6 heteroatoms. The van der Waals surface area contributed by atoms with Crippen molar-refractivity contribution in [3.63, 3.8) is 0 Å². The van der Waals surface area contributed by atoms with Gasteiger partial charge in [0, 0.05) is 6.42 Å². The van der Waals surface area contributed by atoms with Crippen LogP contribution in [0.25, 0.3) is 0 Å². The van der Waals surface area contributed by atoms with E-state index < -0.39 is 24.2 Å². The zero-order valence-electron chi connectivity index (χ0n) is 12.9. The summed E-state index contributed by atoms with van der Waals surface area (Å²) in [7, 11) is 0. The standard InChI is InChI=1S/C15H26F4O2/c1-3-5-6-7-8-9-10-11-12-14(16,15(17,18)19)13(20)21-4-2/h3-12H2,1-2H3. The Morgan fingerprint density at radius 2 is 1.33 bits per heavy atom. The average molecular weight is 314 g/mol. The van der Waals surface area contributed by atoms with Gasteiger partial charge in [-0.3, -0.25) is 0 Å². The number of hydrogen-bond acceptors (Lipinski definition) is 2. The van der Waals surface area contributed by atoms with E-state index in [2.05, 4.69) is 11.7 Å². The Morgan fingerprint density at radius 1 is 0.857 bits per heavy atom. The molecule has 0 rings (SSSR count). The van der Waals surface area contributed by atoms with Crippen molar-refractivity contribution in [2.75, 3.05) is 6.61 Å². The number of rotatable bonds is 11. The van der Waals surface area contributed by atoms with Crippen LogP contribution in [0.5, 0.6) is 0 Å². The maximum absolute atomic E-state index is 14.0. The Hall–Kier alpha value is -0.810. The highest BCUT2D eigenvalue weighted by Crippen LogP contribution is 2.39. The van der Waals surface area contributed by atoms with Crippen molar-refractivity contribution in [2.45, 2.75) is 83.5 Å². The summed E-state index contributed by atoms with van der Waals surface area (Å²) in [6.07, 6.45) is 0.604. The molecule has 2 nitrogen and oxygen atoms in total. The molecule has 0 fully saturated rings. The lowest BCUT2D eigenvalue weighted by Gasteiger charge is -2.25. The highest BCUT2D eigenvalue weighted by atomic mass is 19.4. The largest absolute Gasteiger partial charge is 0.463 e. The van der Waals surface area contributed by atoms with Crippen LogP contribution in [0.15, 0.2) is 0 Å². The van der Waals surface area contributed by atoms with Crippen molar-refractivity contribution in [3.8, 4) is 0 Å². The number of esters is 1. The van der Waals surface area contributed by atoms with E-state index in [9.17, 15) is 22.4 Å². The van der Waals surface area contributed by atoms with Crippen molar-refractivity contribution >= 4 is 5.97 Å². The van der Waals surface area contributed by atoms with Gasteiger partial charge in [-0.15, -0.1) is 0 Å². The van der Waals surface area contributed by atoms with Crippen LogP contribution in [0, 0.1) is 0 Å². The zero-order chi connectivity index (χ0) is 16.4. The Balaban J connectivity index is 4.13. The molecular formula is C15H26F4O2. The van der Waals surface area contributed by atoms with Gasteiger partial charge in [0.2, 0.25) is 0 Å². The first-order valence-corrected chi connectivity index (χ1v) is 7.72. The Kier molecular flexibility index (Phi) is 9.62. The lowest BCUT2D eigenvalue weighted by molar-refractivity contribution is -0.241. The molecule has 21 heavy (non-hydrogen) atoms. The van der Waals surface area contributed by atoms with E-state index in [1.165, 1.54) is 6.92 Å². The third kappa shape index (κ3) is 7.14. The number of carbonyl (C=O) groups excluding carboxylic acids is 1. The lowest BCUT2D eigenvalue weighted by Crippen LogP contribution is -2.49. The second-order valence-corrected chi connectivity index (χ2v) is 5.24. The number of hydrogen-bond donors (Lipinski definition) is 0. The first-order chi connectivity index (χ1) is 9.79. The number of alkyl halides is 4. The molecule has 0 aliphatic carbocycles. The van der Waals surface area contributed by atoms with E-state index in [0.717, 1.165) is 38.5 Å². The Labute approximate surface area is 124 Å². The predicted molar refractivity (Wildman–Crippen MR) is 73.8 cm³/mol. The van der Waals surface area contributed by atoms with E-state index in [1.54, 1.807) is 0 Å². The van der Waals surface area contributed by atoms with Crippen molar-refractivity contribution in [1.29, 1.82) is 0 Å². The Morgan fingerprint density at radius 3 is 1.76 bits per heavy atom. The third-order valence-electron chi connectivity index (χ3n) is 3.42. The monoisotopic (exact) mass is 314 g/mol. The summed E-state index contributed by atoms with van der Waals surface area (Å²) in [6.45, 7) is 3.19. The van der Waals surface area contributed by atoms with Crippen LogP contribution in [0.2, 0.25) is 0 Å². The first kappa shape index (κ1) is 20.2. The van der Waals surface area contributed by atoms with Gasteiger partial charge >= 0.3 is 17.8 Å². The molecule has 0 aromatic rings. The summed E-state index contributed by atoms with van der Waals surface area (Å²) in [5.41, 5.74) is -3.87. The van der Waals surface area contributed by atoms with Crippen molar-refractivity contribution < 1.29 is 27.1 Å². The second kappa shape index (κ2) is 10.0. The van der Waals surface area contributed by atoms with E-state index in [4.69, 9.17) is 0 Å². The molecular weight excluding hydrogens is 288 g/mol. The molecule has 126 valence electrons. The summed E-state index contributed by atoms with van der Waals surface area (Å²) in [5, 5.41) is 0. The number of halogens is 4. The maximum Gasteiger partial charge on any atom is 0.433 e. The molecule has 0 N–H and O–H groups in total.